The molecule has 0 spiro atoms. The highest BCUT2D eigenvalue weighted by Gasteiger charge is 2.36. The topological polar surface area (TPSA) is 82.9 Å². The zero-order chi connectivity index (χ0) is 26.5. The summed E-state index contributed by atoms with van der Waals surface area (Å²) in [6.07, 6.45) is -3.21. The van der Waals surface area contributed by atoms with Crippen LogP contribution in [-0.4, -0.2) is 54.2 Å². The lowest BCUT2D eigenvalue weighted by molar-refractivity contribution is -0.138. The van der Waals surface area contributed by atoms with Gasteiger partial charge in [-0.05, 0) is 66.8 Å². The Bertz CT molecular complexity index is 1220. The number of alkyl halides is 3. The second kappa shape index (κ2) is 11.5. The number of nitrogens with zero attached hydrogens (tertiary/aromatic N) is 3. The molecular weight excluding hydrogens is 495 g/mol. The first-order chi connectivity index (χ1) is 17.1. The third-order valence-corrected chi connectivity index (χ3v) is 6.43. The normalized spacial score (nSPS) is 15.1. The maximum atomic E-state index is 13.5. The van der Waals surface area contributed by atoms with Gasteiger partial charge in [0.2, 0.25) is 0 Å². The number of methoxy groups -OCH3 is 1. The van der Waals surface area contributed by atoms with Crippen molar-refractivity contribution in [3.63, 3.8) is 0 Å². The van der Waals surface area contributed by atoms with Gasteiger partial charge in [-0.15, -0.1) is 0 Å². The van der Waals surface area contributed by atoms with Gasteiger partial charge in [0.25, 0.3) is 11.1 Å². The Balaban J connectivity index is 1.83. The first-order valence-corrected chi connectivity index (χ1v) is 11.9. The lowest BCUT2D eigenvalue weighted by atomic mass is 10.1. The average molecular weight is 520 g/mol. The Morgan fingerprint density at radius 2 is 1.78 bits per heavy atom. The van der Waals surface area contributed by atoms with E-state index in [2.05, 4.69) is 4.90 Å². The van der Waals surface area contributed by atoms with Gasteiger partial charge in [0, 0.05) is 13.1 Å². The first-order valence-electron chi connectivity index (χ1n) is 11.1. The quantitative estimate of drug-likeness (QED) is 0.390. The number of hydrogen-bond acceptors (Lipinski definition) is 7. The van der Waals surface area contributed by atoms with Crippen LogP contribution in [0.15, 0.2) is 41.3 Å². The van der Waals surface area contributed by atoms with Crippen LogP contribution in [0.2, 0.25) is 0 Å². The number of ether oxygens (including phenoxy) is 2. The van der Waals surface area contributed by atoms with Crippen LogP contribution in [0.3, 0.4) is 0 Å². The molecule has 2 aromatic rings. The van der Waals surface area contributed by atoms with Gasteiger partial charge in [0.05, 0.1) is 29.2 Å². The SMILES string of the molecule is CCN(CC)CCN1C(=O)SC(=Cc2ccc(Oc3ccc(C#N)cc3C(F)(F)F)c(OC)c2)C1=O. The zero-order valence-corrected chi connectivity index (χ0v) is 20.7. The summed E-state index contributed by atoms with van der Waals surface area (Å²) in [6.45, 7) is 6.49. The zero-order valence-electron chi connectivity index (χ0n) is 19.9. The Morgan fingerprint density at radius 1 is 1.08 bits per heavy atom. The molecule has 3 rings (SSSR count). The molecule has 7 nitrogen and oxygen atoms in total. The number of halogens is 3. The van der Waals surface area contributed by atoms with E-state index in [1.54, 1.807) is 12.1 Å². The standard InChI is InChI=1S/C25H24F3N3O4S/c1-4-30(5-2)10-11-31-23(32)22(36-24(31)33)14-16-6-9-20(21(13-16)34-3)35-19-8-7-17(15-29)12-18(19)25(26,27)28/h6-9,12-14H,4-5,10-11H2,1-3H3. The summed E-state index contributed by atoms with van der Waals surface area (Å²) in [6, 6.07) is 9.14. The molecule has 1 fully saturated rings. The maximum absolute atomic E-state index is 13.5. The fourth-order valence-electron chi connectivity index (χ4n) is 3.51. The molecule has 1 heterocycles. The molecule has 190 valence electrons. The van der Waals surface area contributed by atoms with Crippen LogP contribution in [0.1, 0.15) is 30.5 Å². The average Bonchev–Trinajstić information content (AvgIpc) is 3.12. The van der Waals surface area contributed by atoms with E-state index in [4.69, 9.17) is 14.7 Å². The lowest BCUT2D eigenvalue weighted by Gasteiger charge is -2.20. The third-order valence-electron chi connectivity index (χ3n) is 5.53. The number of carbonyl (C=O) groups excluding carboxylic acids is 2. The number of thioether (sulfide) groups is 1. The minimum Gasteiger partial charge on any atom is -0.493 e. The number of carbonyl (C=O) groups is 2. The number of hydrogen-bond donors (Lipinski definition) is 0. The summed E-state index contributed by atoms with van der Waals surface area (Å²) in [4.78, 5) is 28.7. The van der Waals surface area contributed by atoms with Crippen LogP contribution in [0.4, 0.5) is 18.0 Å². The monoisotopic (exact) mass is 519 g/mol. The Morgan fingerprint density at radius 3 is 2.39 bits per heavy atom. The molecule has 2 aromatic carbocycles. The van der Waals surface area contributed by atoms with Crippen LogP contribution < -0.4 is 9.47 Å². The number of likely N-dealkylation sites (N-methyl/N-ethyl adjacent to an activating group) is 1. The van der Waals surface area contributed by atoms with E-state index in [0.717, 1.165) is 30.9 Å². The summed E-state index contributed by atoms with van der Waals surface area (Å²) in [7, 11) is 1.33. The van der Waals surface area contributed by atoms with Gasteiger partial charge in [0.1, 0.15) is 5.75 Å². The third kappa shape index (κ3) is 6.19. The molecule has 0 aliphatic carbocycles. The van der Waals surface area contributed by atoms with Crippen LogP contribution in [0, 0.1) is 11.3 Å². The number of rotatable bonds is 9. The van der Waals surface area contributed by atoms with E-state index >= 15 is 0 Å². The van der Waals surface area contributed by atoms with Crippen molar-refractivity contribution in [1.29, 1.82) is 5.26 Å². The van der Waals surface area contributed by atoms with Crippen LogP contribution in [0.25, 0.3) is 6.08 Å². The van der Waals surface area contributed by atoms with Crippen LogP contribution in [-0.2, 0) is 11.0 Å². The molecule has 36 heavy (non-hydrogen) atoms. The number of imide groups is 1. The molecule has 0 atom stereocenters. The minimum absolute atomic E-state index is 0.0113. The van der Waals surface area contributed by atoms with Crippen molar-refractivity contribution in [2.24, 2.45) is 0 Å². The molecule has 2 amide bonds. The maximum Gasteiger partial charge on any atom is 0.420 e. The second-order valence-corrected chi connectivity index (χ2v) is 8.69. The summed E-state index contributed by atoms with van der Waals surface area (Å²) < 4.78 is 51.2. The molecular formula is C25H24F3N3O4S. The van der Waals surface area contributed by atoms with Gasteiger partial charge < -0.3 is 14.4 Å². The van der Waals surface area contributed by atoms with Crippen LogP contribution >= 0.6 is 11.8 Å². The first kappa shape index (κ1) is 27.1. The van der Waals surface area contributed by atoms with Gasteiger partial charge in [-0.2, -0.15) is 18.4 Å². The predicted molar refractivity (Wildman–Crippen MR) is 130 cm³/mol. The number of amides is 2. The summed E-state index contributed by atoms with van der Waals surface area (Å²) in [5, 5.41) is 8.58. The van der Waals surface area contributed by atoms with Crippen molar-refractivity contribution in [2.45, 2.75) is 20.0 Å². The highest BCUT2D eigenvalue weighted by Crippen LogP contribution is 2.41. The predicted octanol–water partition coefficient (Wildman–Crippen LogP) is 5.76. The van der Waals surface area contributed by atoms with Gasteiger partial charge >= 0.3 is 6.18 Å². The molecule has 0 N–H and O–H groups in total. The summed E-state index contributed by atoms with van der Waals surface area (Å²) in [5.41, 5.74) is -0.738. The van der Waals surface area contributed by atoms with Gasteiger partial charge in [0.15, 0.2) is 11.5 Å². The van der Waals surface area contributed by atoms with E-state index < -0.39 is 23.4 Å². The summed E-state index contributed by atoms with van der Waals surface area (Å²) in [5.74, 6) is -0.745. The van der Waals surface area contributed by atoms with E-state index in [1.807, 2.05) is 13.8 Å². The molecule has 0 saturated carbocycles. The van der Waals surface area contributed by atoms with E-state index in [1.165, 1.54) is 36.3 Å². The van der Waals surface area contributed by atoms with E-state index in [-0.39, 0.29) is 33.8 Å². The van der Waals surface area contributed by atoms with Crippen molar-refractivity contribution < 1.29 is 32.2 Å². The fourth-order valence-corrected chi connectivity index (χ4v) is 4.38. The van der Waals surface area contributed by atoms with Gasteiger partial charge in [-0.1, -0.05) is 19.9 Å². The van der Waals surface area contributed by atoms with Crippen molar-refractivity contribution in [3.05, 3.63) is 58.0 Å². The highest BCUT2D eigenvalue weighted by atomic mass is 32.2. The molecule has 0 aromatic heterocycles. The minimum atomic E-state index is -4.73. The molecule has 0 unspecified atom stereocenters. The van der Waals surface area contributed by atoms with Crippen molar-refractivity contribution >= 4 is 29.0 Å². The van der Waals surface area contributed by atoms with Crippen molar-refractivity contribution in [2.75, 3.05) is 33.3 Å². The molecule has 0 radical (unpaired) electrons. The Kier molecular flexibility index (Phi) is 8.66. The largest absolute Gasteiger partial charge is 0.493 e. The van der Waals surface area contributed by atoms with Crippen LogP contribution in [0.5, 0.6) is 17.2 Å². The second-order valence-electron chi connectivity index (χ2n) is 7.69. The molecule has 1 saturated heterocycles. The molecule has 11 heteroatoms. The molecule has 0 bridgehead atoms. The molecule has 1 aliphatic heterocycles. The Labute approximate surface area is 211 Å². The lowest BCUT2D eigenvalue weighted by Crippen LogP contribution is -2.37. The number of benzene rings is 2. The van der Waals surface area contributed by atoms with Crippen molar-refractivity contribution in [3.8, 4) is 23.3 Å². The van der Waals surface area contributed by atoms with Crippen molar-refractivity contribution in [1.82, 2.24) is 9.80 Å². The van der Waals surface area contributed by atoms with Gasteiger partial charge in [-0.3, -0.25) is 14.5 Å². The molecule has 1 aliphatic rings. The smallest absolute Gasteiger partial charge is 0.420 e. The summed E-state index contributed by atoms with van der Waals surface area (Å²) >= 11 is 0.829. The Hall–Kier alpha value is -3.49. The van der Waals surface area contributed by atoms with Gasteiger partial charge in [-0.25, -0.2) is 0 Å². The fraction of sp³-hybridized carbons (Fsp3) is 0.320. The van der Waals surface area contributed by atoms with E-state index in [0.29, 0.717) is 18.2 Å². The van der Waals surface area contributed by atoms with E-state index in [9.17, 15) is 22.8 Å². The number of nitriles is 1. The highest BCUT2D eigenvalue weighted by molar-refractivity contribution is 8.18.